The molecule has 1 atom stereocenters. The van der Waals surface area contributed by atoms with Crippen molar-refractivity contribution in [3.05, 3.63) is 34.6 Å². The minimum absolute atomic E-state index is 0.299. The maximum absolute atomic E-state index is 9.89. The van der Waals surface area contributed by atoms with Crippen molar-refractivity contribution in [2.75, 3.05) is 18.0 Å². The van der Waals surface area contributed by atoms with E-state index < -0.39 is 0 Å². The van der Waals surface area contributed by atoms with Crippen LogP contribution in [0.15, 0.2) is 34.6 Å². The molecule has 1 N–H and O–H groups in total. The molecule has 1 aliphatic rings. The Balaban J connectivity index is 1.77. The number of thiophene rings is 1. The van der Waals surface area contributed by atoms with Crippen LogP contribution in [0, 0.1) is 0 Å². The third-order valence-corrected chi connectivity index (χ3v) is 5.39. The van der Waals surface area contributed by atoms with Crippen LogP contribution in [0.25, 0.3) is 21.8 Å². The van der Waals surface area contributed by atoms with E-state index in [4.69, 9.17) is 4.98 Å². The van der Waals surface area contributed by atoms with Crippen LogP contribution in [0.2, 0.25) is 0 Å². The SMILES string of the molecule is OC1CCCN(c2ncc(-c3ccsc3)c(-c3nccs3)n2)C1. The van der Waals surface area contributed by atoms with E-state index >= 15 is 0 Å². The van der Waals surface area contributed by atoms with Crippen LogP contribution in [0.1, 0.15) is 12.8 Å². The van der Waals surface area contributed by atoms with Gasteiger partial charge in [-0.1, -0.05) is 0 Å². The van der Waals surface area contributed by atoms with E-state index in [9.17, 15) is 5.11 Å². The van der Waals surface area contributed by atoms with Crippen molar-refractivity contribution in [2.45, 2.75) is 18.9 Å². The van der Waals surface area contributed by atoms with Crippen LogP contribution < -0.4 is 4.90 Å². The highest BCUT2D eigenvalue weighted by atomic mass is 32.1. The summed E-state index contributed by atoms with van der Waals surface area (Å²) < 4.78 is 0. The molecule has 1 unspecified atom stereocenters. The molecule has 3 aromatic rings. The molecular weight excluding hydrogens is 328 g/mol. The van der Waals surface area contributed by atoms with E-state index in [1.807, 2.05) is 11.6 Å². The summed E-state index contributed by atoms with van der Waals surface area (Å²) in [6.07, 6.45) is 5.19. The molecule has 0 saturated carbocycles. The van der Waals surface area contributed by atoms with Crippen molar-refractivity contribution in [3.8, 4) is 21.8 Å². The summed E-state index contributed by atoms with van der Waals surface area (Å²) in [6.45, 7) is 1.47. The van der Waals surface area contributed by atoms with Gasteiger partial charge in [0.15, 0.2) is 0 Å². The summed E-state index contributed by atoms with van der Waals surface area (Å²) in [7, 11) is 0. The lowest BCUT2D eigenvalue weighted by Gasteiger charge is -2.30. The van der Waals surface area contributed by atoms with E-state index in [1.54, 1.807) is 28.9 Å². The van der Waals surface area contributed by atoms with Crippen LogP contribution in [-0.4, -0.2) is 39.3 Å². The highest BCUT2D eigenvalue weighted by Gasteiger charge is 2.22. The van der Waals surface area contributed by atoms with E-state index in [0.29, 0.717) is 12.5 Å². The van der Waals surface area contributed by atoms with Gasteiger partial charge < -0.3 is 10.0 Å². The standard InChI is InChI=1S/C16H16N4OS2/c21-12-2-1-5-20(9-12)16-18-8-13(11-3-6-22-10-11)14(19-16)15-17-4-7-23-15/h3-4,6-8,10,12,21H,1-2,5,9H2. The molecule has 0 radical (unpaired) electrons. The lowest BCUT2D eigenvalue weighted by atomic mass is 10.1. The lowest BCUT2D eigenvalue weighted by molar-refractivity contribution is 0.153. The molecule has 1 fully saturated rings. The third-order valence-electron chi connectivity index (χ3n) is 3.92. The summed E-state index contributed by atoms with van der Waals surface area (Å²) in [6, 6.07) is 2.07. The average molecular weight is 344 g/mol. The van der Waals surface area contributed by atoms with Crippen molar-refractivity contribution in [1.82, 2.24) is 15.0 Å². The number of thiazole rings is 1. The number of aromatic nitrogens is 3. The fraction of sp³-hybridized carbons (Fsp3) is 0.312. The predicted molar refractivity (Wildman–Crippen MR) is 93.9 cm³/mol. The van der Waals surface area contributed by atoms with Gasteiger partial charge in [0.25, 0.3) is 0 Å². The third kappa shape index (κ3) is 2.99. The molecule has 0 spiro atoms. The largest absolute Gasteiger partial charge is 0.391 e. The molecule has 4 heterocycles. The number of nitrogens with zero attached hydrogens (tertiary/aromatic N) is 4. The first-order valence-corrected chi connectivity index (χ1v) is 9.36. The Bertz CT molecular complexity index is 773. The Morgan fingerprint density at radius 1 is 1.26 bits per heavy atom. The average Bonchev–Trinajstić information content (AvgIpc) is 3.28. The van der Waals surface area contributed by atoms with E-state index in [1.165, 1.54) is 0 Å². The molecule has 1 aliphatic heterocycles. The smallest absolute Gasteiger partial charge is 0.226 e. The van der Waals surface area contributed by atoms with Crippen molar-refractivity contribution in [3.63, 3.8) is 0 Å². The van der Waals surface area contributed by atoms with Gasteiger partial charge in [-0.2, -0.15) is 11.3 Å². The minimum atomic E-state index is -0.299. The van der Waals surface area contributed by atoms with Crippen LogP contribution >= 0.6 is 22.7 Å². The molecule has 0 amide bonds. The summed E-state index contributed by atoms with van der Waals surface area (Å²) >= 11 is 3.23. The van der Waals surface area contributed by atoms with Gasteiger partial charge in [0, 0.05) is 36.4 Å². The van der Waals surface area contributed by atoms with Gasteiger partial charge >= 0.3 is 0 Å². The first kappa shape index (κ1) is 14.7. The van der Waals surface area contributed by atoms with Gasteiger partial charge in [0.1, 0.15) is 10.7 Å². The molecule has 0 bridgehead atoms. The molecule has 3 aromatic heterocycles. The minimum Gasteiger partial charge on any atom is -0.391 e. The molecule has 4 rings (SSSR count). The molecule has 23 heavy (non-hydrogen) atoms. The maximum Gasteiger partial charge on any atom is 0.226 e. The Morgan fingerprint density at radius 2 is 2.22 bits per heavy atom. The summed E-state index contributed by atoms with van der Waals surface area (Å²) in [5.74, 6) is 0.674. The van der Waals surface area contributed by atoms with Gasteiger partial charge in [0.05, 0.1) is 6.10 Å². The first-order chi connectivity index (χ1) is 11.3. The number of hydrogen-bond donors (Lipinski definition) is 1. The summed E-state index contributed by atoms with van der Waals surface area (Å²) in [5, 5.41) is 16.9. The monoisotopic (exact) mass is 344 g/mol. The zero-order valence-corrected chi connectivity index (χ0v) is 14.1. The van der Waals surface area contributed by atoms with Crippen LogP contribution in [0.3, 0.4) is 0 Å². The number of aliphatic hydroxyl groups is 1. The van der Waals surface area contributed by atoms with Gasteiger partial charge in [0.2, 0.25) is 5.95 Å². The van der Waals surface area contributed by atoms with E-state index in [0.717, 1.165) is 41.2 Å². The number of hydrogen-bond acceptors (Lipinski definition) is 7. The molecule has 0 aliphatic carbocycles. The Kier molecular flexibility index (Phi) is 4.07. The van der Waals surface area contributed by atoms with Gasteiger partial charge in [-0.05, 0) is 35.2 Å². The second kappa shape index (κ2) is 6.35. The lowest BCUT2D eigenvalue weighted by Crippen LogP contribution is -2.39. The van der Waals surface area contributed by atoms with E-state index in [2.05, 4.69) is 31.7 Å². The first-order valence-electron chi connectivity index (χ1n) is 7.54. The summed E-state index contributed by atoms with van der Waals surface area (Å²) in [4.78, 5) is 15.8. The fourth-order valence-electron chi connectivity index (χ4n) is 2.79. The zero-order chi connectivity index (χ0) is 15.6. The molecule has 0 aromatic carbocycles. The van der Waals surface area contributed by atoms with Crippen LogP contribution in [0.5, 0.6) is 0 Å². The van der Waals surface area contributed by atoms with Crippen molar-refractivity contribution in [2.24, 2.45) is 0 Å². The van der Waals surface area contributed by atoms with Crippen molar-refractivity contribution < 1.29 is 5.11 Å². The van der Waals surface area contributed by atoms with Crippen LogP contribution in [-0.2, 0) is 0 Å². The normalized spacial score (nSPS) is 18.3. The summed E-state index contributed by atoms with van der Waals surface area (Å²) in [5.41, 5.74) is 2.98. The number of piperidine rings is 1. The number of anilines is 1. The highest BCUT2D eigenvalue weighted by molar-refractivity contribution is 7.13. The second-order valence-electron chi connectivity index (χ2n) is 5.52. The Labute approximate surface area is 142 Å². The van der Waals surface area contributed by atoms with Gasteiger partial charge in [-0.3, -0.25) is 0 Å². The second-order valence-corrected chi connectivity index (χ2v) is 7.20. The predicted octanol–water partition coefficient (Wildman–Crippen LogP) is 3.29. The van der Waals surface area contributed by atoms with E-state index in [-0.39, 0.29) is 6.10 Å². The van der Waals surface area contributed by atoms with Crippen molar-refractivity contribution in [1.29, 1.82) is 0 Å². The Hall–Kier alpha value is -1.83. The molecule has 1 saturated heterocycles. The maximum atomic E-state index is 9.89. The molecule has 118 valence electrons. The van der Waals surface area contributed by atoms with Gasteiger partial charge in [-0.25, -0.2) is 15.0 Å². The zero-order valence-electron chi connectivity index (χ0n) is 12.4. The topological polar surface area (TPSA) is 62.1 Å². The molecule has 5 nitrogen and oxygen atoms in total. The number of aliphatic hydroxyl groups excluding tert-OH is 1. The molecular formula is C16H16N4OS2. The molecule has 7 heteroatoms. The fourth-order valence-corrected chi connectivity index (χ4v) is 4.09. The number of β-amino-alcohol motifs (C(OH)–C–C–N with tert-alkyl or cyclic N) is 1. The number of rotatable bonds is 3. The van der Waals surface area contributed by atoms with Gasteiger partial charge in [-0.15, -0.1) is 11.3 Å². The van der Waals surface area contributed by atoms with Crippen molar-refractivity contribution >= 4 is 28.6 Å². The quantitative estimate of drug-likeness (QED) is 0.790. The Morgan fingerprint density at radius 3 is 2.96 bits per heavy atom. The highest BCUT2D eigenvalue weighted by Crippen LogP contribution is 2.33. The van der Waals surface area contributed by atoms with Crippen LogP contribution in [0.4, 0.5) is 5.95 Å².